The fourth-order valence-corrected chi connectivity index (χ4v) is 5.20. The largest absolute Gasteiger partial charge is 0.373 e. The van der Waals surface area contributed by atoms with Crippen LogP contribution in [0, 0.1) is 5.92 Å². The summed E-state index contributed by atoms with van der Waals surface area (Å²) < 4.78 is 7.70. The van der Waals surface area contributed by atoms with Crippen molar-refractivity contribution >= 4 is 17.5 Å². The van der Waals surface area contributed by atoms with E-state index in [2.05, 4.69) is 30.8 Å². The Kier molecular flexibility index (Phi) is 6.99. The molecular weight excluding hydrogens is 412 g/mol. The molecule has 6 nitrogen and oxygen atoms in total. The van der Waals surface area contributed by atoms with E-state index in [9.17, 15) is 4.79 Å². The molecule has 1 amide bonds. The minimum Gasteiger partial charge on any atom is -0.373 e. The average molecular weight is 445 g/mol. The van der Waals surface area contributed by atoms with Crippen LogP contribution in [0.25, 0.3) is 5.69 Å². The average Bonchev–Trinajstić information content (AvgIpc) is 3.17. The summed E-state index contributed by atoms with van der Waals surface area (Å²) in [5, 5.41) is 5.17. The van der Waals surface area contributed by atoms with Gasteiger partial charge in [0, 0.05) is 37.7 Å². The Morgan fingerprint density at radius 1 is 1.19 bits per heavy atom. The molecule has 2 aromatic rings. The minimum atomic E-state index is 0.0946. The number of hydrogen-bond acceptors (Lipinski definition) is 4. The lowest BCUT2D eigenvalue weighted by atomic mass is 9.95. The molecular formula is C24H33ClN4O2. The van der Waals surface area contributed by atoms with Gasteiger partial charge in [-0.05, 0) is 57.2 Å². The molecule has 2 aliphatic rings. The minimum absolute atomic E-state index is 0.0946. The molecule has 2 saturated heterocycles. The predicted molar refractivity (Wildman–Crippen MR) is 123 cm³/mol. The lowest BCUT2D eigenvalue weighted by Crippen LogP contribution is -2.48. The summed E-state index contributed by atoms with van der Waals surface area (Å²) in [6.07, 6.45) is 5.15. The van der Waals surface area contributed by atoms with Crippen molar-refractivity contribution in [3.63, 3.8) is 0 Å². The molecule has 0 N–H and O–H groups in total. The third kappa shape index (κ3) is 5.13. The zero-order valence-corrected chi connectivity index (χ0v) is 19.5. The van der Waals surface area contributed by atoms with Gasteiger partial charge in [-0.3, -0.25) is 9.69 Å². The van der Waals surface area contributed by atoms with Crippen molar-refractivity contribution in [1.82, 2.24) is 19.6 Å². The van der Waals surface area contributed by atoms with Gasteiger partial charge in [0.15, 0.2) is 0 Å². The van der Waals surface area contributed by atoms with Crippen LogP contribution in [-0.2, 0) is 11.2 Å². The molecule has 2 fully saturated rings. The highest BCUT2D eigenvalue weighted by Gasteiger charge is 2.29. The molecule has 7 heteroatoms. The van der Waals surface area contributed by atoms with Gasteiger partial charge < -0.3 is 9.64 Å². The fraction of sp³-hybridized carbons (Fsp3) is 0.583. The molecule has 2 atom stereocenters. The van der Waals surface area contributed by atoms with E-state index in [1.807, 2.05) is 33.8 Å². The number of aromatic nitrogens is 2. The maximum absolute atomic E-state index is 13.3. The van der Waals surface area contributed by atoms with Crippen molar-refractivity contribution in [1.29, 1.82) is 0 Å². The van der Waals surface area contributed by atoms with Crippen molar-refractivity contribution in [2.45, 2.75) is 52.2 Å². The molecule has 3 heterocycles. The number of nitrogens with zero attached hydrogens (tertiary/aromatic N) is 4. The summed E-state index contributed by atoms with van der Waals surface area (Å²) in [5.41, 5.74) is 2.53. The van der Waals surface area contributed by atoms with Crippen molar-refractivity contribution in [3.05, 3.63) is 46.7 Å². The molecule has 0 spiro atoms. The first-order valence-corrected chi connectivity index (χ1v) is 11.8. The first kappa shape index (κ1) is 22.3. The summed E-state index contributed by atoms with van der Waals surface area (Å²) >= 11 is 6.15. The van der Waals surface area contributed by atoms with Crippen LogP contribution in [0.5, 0.6) is 0 Å². The van der Waals surface area contributed by atoms with E-state index in [1.54, 1.807) is 6.20 Å². The molecule has 0 aliphatic carbocycles. The van der Waals surface area contributed by atoms with Gasteiger partial charge in [-0.25, -0.2) is 4.68 Å². The molecule has 168 valence electrons. The van der Waals surface area contributed by atoms with Crippen LogP contribution in [0.3, 0.4) is 0 Å². The number of carbonyl (C=O) groups excluding carboxylic acids is 1. The Balaban J connectivity index is 1.39. The second kappa shape index (κ2) is 9.72. The molecule has 0 saturated carbocycles. The molecule has 1 aromatic carbocycles. The van der Waals surface area contributed by atoms with E-state index in [0.717, 1.165) is 63.4 Å². The zero-order valence-electron chi connectivity index (χ0n) is 18.8. The second-order valence-corrected chi connectivity index (χ2v) is 9.40. The SMILES string of the molecule is CCc1c(C(=O)N2CCC(CN3CC(C)OC(C)C3)CC2)cnn1-c1cccc(Cl)c1. The van der Waals surface area contributed by atoms with Gasteiger partial charge in [0.1, 0.15) is 0 Å². The van der Waals surface area contributed by atoms with E-state index in [-0.39, 0.29) is 5.91 Å². The summed E-state index contributed by atoms with van der Waals surface area (Å²) in [6.45, 7) is 11.1. The van der Waals surface area contributed by atoms with Crippen LogP contribution in [0.1, 0.15) is 49.7 Å². The molecule has 1 aromatic heterocycles. The van der Waals surface area contributed by atoms with Crippen LogP contribution in [-0.4, -0.2) is 70.4 Å². The van der Waals surface area contributed by atoms with E-state index < -0.39 is 0 Å². The van der Waals surface area contributed by atoms with Gasteiger partial charge in [-0.1, -0.05) is 24.6 Å². The van der Waals surface area contributed by atoms with Crippen molar-refractivity contribution in [2.75, 3.05) is 32.7 Å². The van der Waals surface area contributed by atoms with Crippen molar-refractivity contribution in [2.24, 2.45) is 5.92 Å². The van der Waals surface area contributed by atoms with Crippen molar-refractivity contribution < 1.29 is 9.53 Å². The molecule has 4 rings (SSSR count). The monoisotopic (exact) mass is 444 g/mol. The van der Waals surface area contributed by atoms with Crippen LogP contribution < -0.4 is 0 Å². The highest BCUT2D eigenvalue weighted by Crippen LogP contribution is 2.24. The number of benzene rings is 1. The number of halogens is 1. The van der Waals surface area contributed by atoms with E-state index in [1.165, 1.54) is 0 Å². The van der Waals surface area contributed by atoms with Gasteiger partial charge in [0.25, 0.3) is 5.91 Å². The standard InChI is InChI=1S/C24H33ClN4O2/c1-4-23-22(13-26-29(23)21-7-5-6-20(25)12-21)24(30)28-10-8-19(9-11-28)16-27-14-17(2)31-18(3)15-27/h5-7,12-13,17-19H,4,8-11,14-16H2,1-3H3. The molecule has 31 heavy (non-hydrogen) atoms. The highest BCUT2D eigenvalue weighted by molar-refractivity contribution is 6.30. The van der Waals surface area contributed by atoms with Gasteiger partial charge >= 0.3 is 0 Å². The lowest BCUT2D eigenvalue weighted by Gasteiger charge is -2.39. The fourth-order valence-electron chi connectivity index (χ4n) is 5.01. The summed E-state index contributed by atoms with van der Waals surface area (Å²) in [7, 11) is 0. The Morgan fingerprint density at radius 3 is 2.55 bits per heavy atom. The topological polar surface area (TPSA) is 50.6 Å². The molecule has 2 aliphatic heterocycles. The maximum Gasteiger partial charge on any atom is 0.257 e. The van der Waals surface area contributed by atoms with Gasteiger partial charge in [0.05, 0.1) is 35.3 Å². The van der Waals surface area contributed by atoms with Crippen LogP contribution in [0.4, 0.5) is 0 Å². The Morgan fingerprint density at radius 2 is 1.90 bits per heavy atom. The number of morpholine rings is 1. The number of ether oxygens (including phenoxy) is 1. The van der Waals surface area contributed by atoms with Gasteiger partial charge in [-0.2, -0.15) is 5.10 Å². The number of carbonyl (C=O) groups is 1. The van der Waals surface area contributed by atoms with Crippen LogP contribution in [0.2, 0.25) is 5.02 Å². The van der Waals surface area contributed by atoms with E-state index in [0.29, 0.717) is 28.7 Å². The smallest absolute Gasteiger partial charge is 0.257 e. The Hall–Kier alpha value is -1.89. The molecule has 2 unspecified atom stereocenters. The molecule has 0 bridgehead atoms. The number of piperidine rings is 1. The maximum atomic E-state index is 13.3. The van der Waals surface area contributed by atoms with Crippen LogP contribution in [0.15, 0.2) is 30.5 Å². The summed E-state index contributed by atoms with van der Waals surface area (Å²) in [4.78, 5) is 17.8. The highest BCUT2D eigenvalue weighted by atomic mass is 35.5. The third-order valence-corrected chi connectivity index (χ3v) is 6.64. The van der Waals surface area contributed by atoms with Gasteiger partial charge in [-0.15, -0.1) is 0 Å². The van der Waals surface area contributed by atoms with E-state index >= 15 is 0 Å². The Labute approximate surface area is 190 Å². The number of amides is 1. The van der Waals surface area contributed by atoms with Crippen LogP contribution >= 0.6 is 11.6 Å². The molecule has 0 radical (unpaired) electrons. The Bertz CT molecular complexity index is 897. The quantitative estimate of drug-likeness (QED) is 0.698. The normalized spacial score (nSPS) is 23.3. The van der Waals surface area contributed by atoms with Gasteiger partial charge in [0.2, 0.25) is 0 Å². The number of likely N-dealkylation sites (tertiary alicyclic amines) is 1. The second-order valence-electron chi connectivity index (χ2n) is 8.96. The zero-order chi connectivity index (χ0) is 22.0. The summed E-state index contributed by atoms with van der Waals surface area (Å²) in [6, 6.07) is 7.58. The number of rotatable bonds is 5. The lowest BCUT2D eigenvalue weighted by molar-refractivity contribution is -0.0728. The van der Waals surface area contributed by atoms with Crippen molar-refractivity contribution in [3.8, 4) is 5.69 Å². The van der Waals surface area contributed by atoms with E-state index in [4.69, 9.17) is 16.3 Å². The first-order chi connectivity index (χ1) is 14.9. The number of hydrogen-bond donors (Lipinski definition) is 0. The third-order valence-electron chi connectivity index (χ3n) is 6.40. The summed E-state index contributed by atoms with van der Waals surface area (Å²) in [5.74, 6) is 0.735. The first-order valence-electron chi connectivity index (χ1n) is 11.4. The predicted octanol–water partition coefficient (Wildman–Crippen LogP) is 4.05.